The van der Waals surface area contributed by atoms with Crippen LogP contribution >= 0.6 is 11.6 Å². The molecule has 4 rings (SSSR count). The van der Waals surface area contributed by atoms with Crippen molar-refractivity contribution in [1.29, 1.82) is 5.26 Å². The van der Waals surface area contributed by atoms with E-state index < -0.39 is 63.5 Å². The Kier molecular flexibility index (Phi) is 6.84. The number of pyridine rings is 1. The van der Waals surface area contributed by atoms with Crippen molar-refractivity contribution < 1.29 is 39.5 Å². The quantitative estimate of drug-likeness (QED) is 0.242. The fourth-order valence-electron chi connectivity index (χ4n) is 3.69. The summed E-state index contributed by atoms with van der Waals surface area (Å²) in [6.07, 6.45) is -9.86. The highest BCUT2D eigenvalue weighted by Gasteiger charge is 2.37. The van der Waals surface area contributed by atoms with E-state index in [0.29, 0.717) is 22.8 Å². The average molecular weight is 559 g/mol. The van der Waals surface area contributed by atoms with E-state index in [1.54, 1.807) is 0 Å². The zero-order valence-corrected chi connectivity index (χ0v) is 19.3. The van der Waals surface area contributed by atoms with E-state index in [9.17, 15) is 45.2 Å². The standard InChI is InChI=1S/C25H11ClF8N2O2/c26-18-7-12(2-4-16(18)24(29,30)31)21-5-6-22(38-21)20-9-17(25(32,33)34)15(10-35)23(37)36(20)11-13-1-3-14(27)8-19(13)28/h1-9H,11H2. The van der Waals surface area contributed by atoms with E-state index in [2.05, 4.69) is 0 Å². The minimum absolute atomic E-state index is 0.0393. The van der Waals surface area contributed by atoms with Crippen molar-refractivity contribution in [3.05, 3.63) is 104 Å². The molecule has 0 radical (unpaired) electrons. The first kappa shape index (κ1) is 26.9. The summed E-state index contributed by atoms with van der Waals surface area (Å²) in [5.74, 6) is -2.50. The van der Waals surface area contributed by atoms with Gasteiger partial charge in [-0.25, -0.2) is 8.78 Å². The molecule has 196 valence electrons. The van der Waals surface area contributed by atoms with E-state index in [1.807, 2.05) is 0 Å². The van der Waals surface area contributed by atoms with Crippen molar-refractivity contribution in [2.75, 3.05) is 0 Å². The lowest BCUT2D eigenvalue weighted by Crippen LogP contribution is -2.29. The van der Waals surface area contributed by atoms with Crippen molar-refractivity contribution in [3.8, 4) is 28.8 Å². The van der Waals surface area contributed by atoms with Gasteiger partial charge in [0.15, 0.2) is 5.76 Å². The Labute approximate surface area is 212 Å². The molecule has 2 heterocycles. The molecule has 2 aromatic heterocycles. The topological polar surface area (TPSA) is 58.9 Å². The van der Waals surface area contributed by atoms with Gasteiger partial charge < -0.3 is 4.42 Å². The number of hydrogen-bond acceptors (Lipinski definition) is 3. The Morgan fingerprint density at radius 2 is 1.53 bits per heavy atom. The number of benzene rings is 2. The van der Waals surface area contributed by atoms with E-state index in [0.717, 1.165) is 30.3 Å². The van der Waals surface area contributed by atoms with Gasteiger partial charge in [-0.05, 0) is 36.4 Å². The van der Waals surface area contributed by atoms with Crippen molar-refractivity contribution in [2.45, 2.75) is 18.9 Å². The summed E-state index contributed by atoms with van der Waals surface area (Å²) in [6, 6.07) is 9.04. The molecule has 0 N–H and O–H groups in total. The van der Waals surface area contributed by atoms with Crippen molar-refractivity contribution >= 4 is 11.6 Å². The second-order valence-corrected chi connectivity index (χ2v) is 8.32. The van der Waals surface area contributed by atoms with Gasteiger partial charge in [0.05, 0.1) is 28.4 Å². The molecule has 0 saturated carbocycles. The van der Waals surface area contributed by atoms with Crippen molar-refractivity contribution in [2.24, 2.45) is 0 Å². The normalized spacial score (nSPS) is 12.0. The largest absolute Gasteiger partial charge is 0.455 e. The van der Waals surface area contributed by atoms with Gasteiger partial charge in [0, 0.05) is 17.2 Å². The number of alkyl halides is 6. The van der Waals surface area contributed by atoms with E-state index in [-0.39, 0.29) is 22.6 Å². The third kappa shape index (κ3) is 5.15. The lowest BCUT2D eigenvalue weighted by molar-refractivity contribution is -0.138. The number of halogens is 9. The molecule has 4 aromatic rings. The Bertz CT molecular complexity index is 1650. The molecule has 0 atom stereocenters. The number of furan rings is 1. The number of aromatic nitrogens is 1. The Morgan fingerprint density at radius 3 is 2.11 bits per heavy atom. The number of nitriles is 1. The van der Waals surface area contributed by atoms with Gasteiger partial charge in [0.25, 0.3) is 5.56 Å². The average Bonchev–Trinajstić information content (AvgIpc) is 3.30. The summed E-state index contributed by atoms with van der Waals surface area (Å²) >= 11 is 5.73. The van der Waals surface area contributed by atoms with E-state index in [4.69, 9.17) is 16.0 Å². The zero-order valence-electron chi connectivity index (χ0n) is 18.5. The molecule has 38 heavy (non-hydrogen) atoms. The van der Waals surface area contributed by atoms with Crippen LogP contribution in [0.4, 0.5) is 35.1 Å². The molecule has 2 aromatic carbocycles. The van der Waals surface area contributed by atoms with Crippen LogP contribution in [-0.2, 0) is 18.9 Å². The smallest absolute Gasteiger partial charge is 0.417 e. The summed E-state index contributed by atoms with van der Waals surface area (Å²) in [5, 5.41) is 8.60. The van der Waals surface area contributed by atoms with Crippen LogP contribution in [0.5, 0.6) is 0 Å². The summed E-state index contributed by atoms with van der Waals surface area (Å²) in [4.78, 5) is 13.0. The first-order chi connectivity index (χ1) is 17.7. The fourth-order valence-corrected chi connectivity index (χ4v) is 3.98. The van der Waals surface area contributed by atoms with Crippen LogP contribution in [0, 0.1) is 23.0 Å². The third-order valence-corrected chi connectivity index (χ3v) is 5.79. The van der Waals surface area contributed by atoms with E-state index >= 15 is 0 Å². The van der Waals surface area contributed by atoms with Crippen LogP contribution < -0.4 is 5.56 Å². The van der Waals surface area contributed by atoms with Gasteiger partial charge in [-0.1, -0.05) is 23.7 Å². The highest BCUT2D eigenvalue weighted by Crippen LogP contribution is 2.39. The maximum absolute atomic E-state index is 14.3. The van der Waals surface area contributed by atoms with Crippen LogP contribution in [0.1, 0.15) is 22.3 Å². The number of rotatable bonds is 4. The van der Waals surface area contributed by atoms with Crippen LogP contribution in [0.15, 0.2) is 63.8 Å². The third-order valence-electron chi connectivity index (χ3n) is 5.48. The summed E-state index contributed by atoms with van der Waals surface area (Å²) < 4.78 is 114. The van der Waals surface area contributed by atoms with Gasteiger partial charge >= 0.3 is 12.4 Å². The zero-order chi connectivity index (χ0) is 28.0. The van der Waals surface area contributed by atoms with E-state index in [1.165, 1.54) is 12.1 Å². The first-order valence-electron chi connectivity index (χ1n) is 10.4. The van der Waals surface area contributed by atoms with Crippen molar-refractivity contribution in [3.63, 3.8) is 0 Å². The first-order valence-corrected chi connectivity index (χ1v) is 10.7. The molecular formula is C25H11ClF8N2O2. The maximum Gasteiger partial charge on any atom is 0.417 e. The molecule has 0 fully saturated rings. The minimum Gasteiger partial charge on any atom is -0.455 e. The van der Waals surface area contributed by atoms with Crippen LogP contribution in [0.2, 0.25) is 5.02 Å². The fraction of sp³-hybridized carbons (Fsp3) is 0.120. The SMILES string of the molecule is N#Cc1c(C(F)(F)F)cc(-c2ccc(-c3ccc(C(F)(F)F)c(Cl)c3)o2)n(Cc2ccc(F)cc2F)c1=O. The lowest BCUT2D eigenvalue weighted by Gasteiger charge is -2.16. The molecular weight excluding hydrogens is 548 g/mol. The lowest BCUT2D eigenvalue weighted by atomic mass is 10.1. The Hall–Kier alpha value is -4.11. The summed E-state index contributed by atoms with van der Waals surface area (Å²) in [6.45, 7) is -0.699. The molecule has 0 amide bonds. The molecule has 0 bridgehead atoms. The Morgan fingerprint density at radius 1 is 0.868 bits per heavy atom. The second-order valence-electron chi connectivity index (χ2n) is 7.91. The van der Waals surface area contributed by atoms with Gasteiger partial charge in [-0.3, -0.25) is 9.36 Å². The van der Waals surface area contributed by atoms with Crippen LogP contribution in [-0.4, -0.2) is 4.57 Å². The summed E-state index contributed by atoms with van der Waals surface area (Å²) in [5.41, 5.74) is -6.13. The molecule has 4 nitrogen and oxygen atoms in total. The van der Waals surface area contributed by atoms with Crippen molar-refractivity contribution in [1.82, 2.24) is 4.57 Å². The maximum atomic E-state index is 14.3. The molecule has 0 spiro atoms. The highest BCUT2D eigenvalue weighted by atomic mass is 35.5. The molecule has 0 aliphatic heterocycles. The number of hydrogen-bond donors (Lipinski definition) is 0. The monoisotopic (exact) mass is 558 g/mol. The molecule has 0 unspecified atom stereocenters. The van der Waals surface area contributed by atoms with Gasteiger partial charge in [-0.15, -0.1) is 0 Å². The molecule has 0 aliphatic carbocycles. The second kappa shape index (κ2) is 9.64. The van der Waals surface area contributed by atoms with Gasteiger partial charge in [0.1, 0.15) is 29.0 Å². The van der Waals surface area contributed by atoms with Crippen LogP contribution in [0.3, 0.4) is 0 Å². The predicted octanol–water partition coefficient (Wildman–Crippen LogP) is 7.66. The van der Waals surface area contributed by atoms with Gasteiger partial charge in [0.2, 0.25) is 0 Å². The minimum atomic E-state index is -5.13. The molecule has 13 heteroatoms. The molecule has 0 saturated heterocycles. The summed E-state index contributed by atoms with van der Waals surface area (Å²) in [7, 11) is 0. The van der Waals surface area contributed by atoms with Gasteiger partial charge in [-0.2, -0.15) is 31.6 Å². The number of nitrogens with zero attached hydrogens (tertiary/aromatic N) is 2. The molecule has 0 aliphatic rings. The van der Waals surface area contributed by atoms with Crippen LogP contribution in [0.25, 0.3) is 22.8 Å². The predicted molar refractivity (Wildman–Crippen MR) is 119 cm³/mol. The highest BCUT2D eigenvalue weighted by molar-refractivity contribution is 6.31. The Balaban J connectivity index is 1.90.